The SMILES string of the molecule is COCCOc1ccc(Br)cc1C(=O)Oc1ccc(C(=O)OCC(C)C)cc1. The maximum Gasteiger partial charge on any atom is 0.347 e. The minimum absolute atomic E-state index is 0.259. The molecule has 0 spiro atoms. The summed E-state index contributed by atoms with van der Waals surface area (Å²) in [5.41, 5.74) is 0.678. The van der Waals surface area contributed by atoms with Gasteiger partial charge in [0.2, 0.25) is 0 Å². The van der Waals surface area contributed by atoms with Crippen molar-refractivity contribution in [2.75, 3.05) is 26.9 Å². The number of esters is 2. The van der Waals surface area contributed by atoms with Gasteiger partial charge in [-0.2, -0.15) is 0 Å². The van der Waals surface area contributed by atoms with Gasteiger partial charge in [0.15, 0.2) is 0 Å². The number of carbonyl (C=O) groups excluding carboxylic acids is 2. The van der Waals surface area contributed by atoms with Crippen LogP contribution in [0, 0.1) is 5.92 Å². The van der Waals surface area contributed by atoms with E-state index in [-0.39, 0.29) is 11.5 Å². The summed E-state index contributed by atoms with van der Waals surface area (Å²) in [5, 5.41) is 0. The third-order valence-corrected chi connectivity index (χ3v) is 4.05. The standard InChI is InChI=1S/C21H23BrO6/c1-14(2)13-27-20(23)15-4-7-17(8-5-15)28-21(24)18-12-16(22)6-9-19(18)26-11-10-25-3/h4-9,12,14H,10-11,13H2,1-3H3. The van der Waals surface area contributed by atoms with E-state index in [1.165, 1.54) is 0 Å². The molecule has 0 N–H and O–H groups in total. The van der Waals surface area contributed by atoms with Gasteiger partial charge in [0, 0.05) is 11.6 Å². The zero-order valence-electron chi connectivity index (χ0n) is 16.1. The third kappa shape index (κ3) is 6.65. The smallest absolute Gasteiger partial charge is 0.347 e. The number of ether oxygens (including phenoxy) is 4. The summed E-state index contributed by atoms with van der Waals surface area (Å²) in [7, 11) is 1.57. The molecule has 6 nitrogen and oxygen atoms in total. The molecule has 0 atom stereocenters. The van der Waals surface area contributed by atoms with E-state index in [0.29, 0.717) is 36.9 Å². The number of hydrogen-bond donors (Lipinski definition) is 0. The van der Waals surface area contributed by atoms with Gasteiger partial charge in [-0.05, 0) is 48.4 Å². The molecule has 0 fully saturated rings. The van der Waals surface area contributed by atoms with Crippen molar-refractivity contribution >= 4 is 27.9 Å². The minimum atomic E-state index is -0.566. The molecule has 0 bridgehead atoms. The topological polar surface area (TPSA) is 71.1 Å². The summed E-state index contributed by atoms with van der Waals surface area (Å²) < 4.78 is 21.8. The predicted octanol–water partition coefficient (Wildman–Crippen LogP) is 4.51. The summed E-state index contributed by atoms with van der Waals surface area (Å²) in [6, 6.07) is 11.3. The molecule has 0 heterocycles. The lowest BCUT2D eigenvalue weighted by Gasteiger charge is -2.12. The second kappa shape index (κ2) is 10.8. The molecule has 7 heteroatoms. The van der Waals surface area contributed by atoms with Gasteiger partial charge in [-0.1, -0.05) is 29.8 Å². The lowest BCUT2D eigenvalue weighted by molar-refractivity contribution is 0.0459. The van der Waals surface area contributed by atoms with Gasteiger partial charge in [-0.25, -0.2) is 9.59 Å². The van der Waals surface area contributed by atoms with Crippen LogP contribution in [0.3, 0.4) is 0 Å². The summed E-state index contributed by atoms with van der Waals surface area (Å²) in [6.45, 7) is 4.99. The van der Waals surface area contributed by atoms with E-state index in [1.807, 2.05) is 13.8 Å². The summed E-state index contributed by atoms with van der Waals surface area (Å²) in [6.07, 6.45) is 0. The average Bonchev–Trinajstić information content (AvgIpc) is 2.67. The van der Waals surface area contributed by atoms with Gasteiger partial charge in [0.05, 0.1) is 18.8 Å². The van der Waals surface area contributed by atoms with Gasteiger partial charge in [0.1, 0.15) is 23.7 Å². The summed E-state index contributed by atoms with van der Waals surface area (Å²) in [5.74, 6) is -0.00159. The molecule has 0 aliphatic heterocycles. The van der Waals surface area contributed by atoms with Crippen LogP contribution in [0.15, 0.2) is 46.9 Å². The fourth-order valence-corrected chi connectivity index (χ4v) is 2.53. The molecule has 0 aliphatic rings. The number of halogens is 1. The van der Waals surface area contributed by atoms with E-state index < -0.39 is 11.9 Å². The highest BCUT2D eigenvalue weighted by molar-refractivity contribution is 9.10. The number of carbonyl (C=O) groups is 2. The van der Waals surface area contributed by atoms with Crippen molar-refractivity contribution in [2.24, 2.45) is 5.92 Å². The third-order valence-electron chi connectivity index (χ3n) is 3.55. The zero-order valence-corrected chi connectivity index (χ0v) is 17.7. The Morgan fingerprint density at radius 3 is 2.36 bits per heavy atom. The first kappa shape index (κ1) is 21.9. The number of benzene rings is 2. The Morgan fingerprint density at radius 1 is 1.00 bits per heavy atom. The highest BCUT2D eigenvalue weighted by atomic mass is 79.9. The molecule has 2 rings (SSSR count). The Hall–Kier alpha value is -2.38. The second-order valence-electron chi connectivity index (χ2n) is 6.39. The van der Waals surface area contributed by atoms with Crippen molar-refractivity contribution < 1.29 is 28.5 Å². The first-order valence-electron chi connectivity index (χ1n) is 8.81. The van der Waals surface area contributed by atoms with Crippen LogP contribution in [0.4, 0.5) is 0 Å². The maximum atomic E-state index is 12.6. The van der Waals surface area contributed by atoms with Gasteiger partial charge in [0.25, 0.3) is 0 Å². The quantitative estimate of drug-likeness (QED) is 0.318. The van der Waals surface area contributed by atoms with Crippen LogP contribution in [0.5, 0.6) is 11.5 Å². The van der Waals surface area contributed by atoms with Crippen molar-refractivity contribution in [3.8, 4) is 11.5 Å². The van der Waals surface area contributed by atoms with Gasteiger partial charge >= 0.3 is 11.9 Å². The molecule has 0 amide bonds. The van der Waals surface area contributed by atoms with Gasteiger partial charge in [-0.3, -0.25) is 0 Å². The molecule has 28 heavy (non-hydrogen) atoms. The van der Waals surface area contributed by atoms with Crippen LogP contribution in [0.2, 0.25) is 0 Å². The molecule has 0 unspecified atom stereocenters. The van der Waals surface area contributed by atoms with Crippen LogP contribution in [-0.2, 0) is 9.47 Å². The van der Waals surface area contributed by atoms with E-state index in [2.05, 4.69) is 15.9 Å². The first-order valence-corrected chi connectivity index (χ1v) is 9.60. The lowest BCUT2D eigenvalue weighted by Crippen LogP contribution is -2.13. The number of methoxy groups -OCH3 is 1. The van der Waals surface area contributed by atoms with E-state index >= 15 is 0 Å². The largest absolute Gasteiger partial charge is 0.490 e. The fourth-order valence-electron chi connectivity index (χ4n) is 2.17. The predicted molar refractivity (Wildman–Crippen MR) is 108 cm³/mol. The Morgan fingerprint density at radius 2 is 1.71 bits per heavy atom. The van der Waals surface area contributed by atoms with Crippen molar-refractivity contribution in [2.45, 2.75) is 13.8 Å². The number of rotatable bonds is 9. The van der Waals surface area contributed by atoms with Crippen molar-refractivity contribution in [3.05, 3.63) is 58.1 Å². The van der Waals surface area contributed by atoms with Crippen LogP contribution >= 0.6 is 15.9 Å². The fraction of sp³-hybridized carbons (Fsp3) is 0.333. The van der Waals surface area contributed by atoms with Crippen LogP contribution in [0.1, 0.15) is 34.6 Å². The molecule has 0 aromatic heterocycles. The molecule has 0 saturated heterocycles. The molecule has 0 saturated carbocycles. The minimum Gasteiger partial charge on any atom is -0.490 e. The molecule has 2 aromatic carbocycles. The van der Waals surface area contributed by atoms with Crippen LogP contribution < -0.4 is 9.47 Å². The van der Waals surface area contributed by atoms with Crippen molar-refractivity contribution in [1.29, 1.82) is 0 Å². The Labute approximate surface area is 172 Å². The Balaban J connectivity index is 2.06. The Kier molecular flexibility index (Phi) is 8.47. The second-order valence-corrected chi connectivity index (χ2v) is 7.30. The van der Waals surface area contributed by atoms with E-state index in [0.717, 1.165) is 4.47 Å². The molecule has 150 valence electrons. The van der Waals surface area contributed by atoms with Crippen molar-refractivity contribution in [1.82, 2.24) is 0 Å². The molecular weight excluding hydrogens is 428 g/mol. The molecule has 0 aliphatic carbocycles. The summed E-state index contributed by atoms with van der Waals surface area (Å²) in [4.78, 5) is 24.5. The van der Waals surface area contributed by atoms with Crippen LogP contribution in [-0.4, -0.2) is 38.9 Å². The molecule has 0 radical (unpaired) electrons. The highest BCUT2D eigenvalue weighted by Gasteiger charge is 2.16. The van der Waals surface area contributed by atoms with Crippen molar-refractivity contribution in [3.63, 3.8) is 0 Å². The zero-order chi connectivity index (χ0) is 20.5. The summed E-state index contributed by atoms with van der Waals surface area (Å²) >= 11 is 3.34. The van der Waals surface area contributed by atoms with E-state index in [9.17, 15) is 9.59 Å². The maximum absolute atomic E-state index is 12.6. The first-order chi connectivity index (χ1) is 13.4. The van der Waals surface area contributed by atoms with E-state index in [4.69, 9.17) is 18.9 Å². The van der Waals surface area contributed by atoms with Gasteiger partial charge < -0.3 is 18.9 Å². The average molecular weight is 451 g/mol. The van der Waals surface area contributed by atoms with E-state index in [1.54, 1.807) is 49.6 Å². The number of hydrogen-bond acceptors (Lipinski definition) is 6. The van der Waals surface area contributed by atoms with Crippen LogP contribution in [0.25, 0.3) is 0 Å². The Bertz CT molecular complexity index is 801. The molecule has 2 aromatic rings. The monoisotopic (exact) mass is 450 g/mol. The highest BCUT2D eigenvalue weighted by Crippen LogP contribution is 2.25. The molecular formula is C21H23BrO6. The lowest BCUT2D eigenvalue weighted by atomic mass is 10.2. The normalized spacial score (nSPS) is 10.6. The van der Waals surface area contributed by atoms with Gasteiger partial charge in [-0.15, -0.1) is 0 Å².